The SMILES string of the molecule is COC(=O)c1ccc(NC(=S)Nc2ccc(S(=O)(=O)Nc3ncccn3)cc2)cc1. The van der Waals surface area contributed by atoms with E-state index < -0.39 is 16.0 Å². The number of nitrogens with one attached hydrogen (secondary N) is 3. The molecule has 3 aromatic rings. The van der Waals surface area contributed by atoms with Crippen molar-refractivity contribution in [3.63, 3.8) is 0 Å². The number of ether oxygens (including phenoxy) is 1. The fourth-order valence-corrected chi connectivity index (χ4v) is 3.54. The fraction of sp³-hybridized carbons (Fsp3) is 0.0526. The van der Waals surface area contributed by atoms with Gasteiger partial charge in [-0.15, -0.1) is 0 Å². The number of esters is 1. The predicted molar refractivity (Wildman–Crippen MR) is 117 cm³/mol. The highest BCUT2D eigenvalue weighted by Crippen LogP contribution is 2.17. The molecule has 0 atom stereocenters. The van der Waals surface area contributed by atoms with E-state index in [0.29, 0.717) is 22.1 Å². The van der Waals surface area contributed by atoms with Crippen LogP contribution in [0.3, 0.4) is 0 Å². The molecule has 0 saturated heterocycles. The van der Waals surface area contributed by atoms with E-state index >= 15 is 0 Å². The summed E-state index contributed by atoms with van der Waals surface area (Å²) in [5, 5.41) is 6.23. The van der Waals surface area contributed by atoms with Crippen molar-refractivity contribution in [1.29, 1.82) is 0 Å². The highest BCUT2D eigenvalue weighted by atomic mass is 32.2. The smallest absolute Gasteiger partial charge is 0.337 e. The maximum absolute atomic E-state index is 12.4. The van der Waals surface area contributed by atoms with E-state index in [1.807, 2.05) is 0 Å². The fourth-order valence-electron chi connectivity index (χ4n) is 2.35. The lowest BCUT2D eigenvalue weighted by molar-refractivity contribution is 0.0600. The Hall–Kier alpha value is -3.57. The first-order valence-corrected chi connectivity index (χ1v) is 10.4. The van der Waals surface area contributed by atoms with Gasteiger partial charge >= 0.3 is 5.97 Å². The summed E-state index contributed by atoms with van der Waals surface area (Å²) in [6.07, 6.45) is 2.88. The Labute approximate surface area is 178 Å². The van der Waals surface area contributed by atoms with Crippen molar-refractivity contribution in [2.45, 2.75) is 4.90 Å². The Morgan fingerprint density at radius 2 is 1.47 bits per heavy atom. The van der Waals surface area contributed by atoms with Crippen molar-refractivity contribution in [1.82, 2.24) is 9.97 Å². The lowest BCUT2D eigenvalue weighted by Gasteiger charge is -2.12. The van der Waals surface area contributed by atoms with E-state index in [1.165, 1.54) is 31.6 Å². The Bertz CT molecular complexity index is 1140. The van der Waals surface area contributed by atoms with Gasteiger partial charge in [-0.05, 0) is 66.8 Å². The zero-order valence-electron chi connectivity index (χ0n) is 15.7. The zero-order chi connectivity index (χ0) is 21.6. The van der Waals surface area contributed by atoms with Crippen molar-refractivity contribution in [2.75, 3.05) is 22.5 Å². The van der Waals surface area contributed by atoms with E-state index in [1.54, 1.807) is 42.5 Å². The van der Waals surface area contributed by atoms with E-state index in [2.05, 4.69) is 30.1 Å². The summed E-state index contributed by atoms with van der Waals surface area (Å²) in [5.74, 6) is -0.436. The molecule has 0 fully saturated rings. The van der Waals surface area contributed by atoms with Gasteiger partial charge in [-0.3, -0.25) is 0 Å². The molecule has 0 aliphatic rings. The Morgan fingerprint density at radius 3 is 2.00 bits per heavy atom. The average Bonchev–Trinajstić information content (AvgIpc) is 2.74. The van der Waals surface area contributed by atoms with E-state index in [0.717, 1.165) is 0 Å². The maximum atomic E-state index is 12.4. The third-order valence-corrected chi connectivity index (χ3v) is 5.33. The largest absolute Gasteiger partial charge is 0.465 e. The van der Waals surface area contributed by atoms with Gasteiger partial charge in [-0.2, -0.15) is 0 Å². The lowest BCUT2D eigenvalue weighted by Crippen LogP contribution is -2.19. The van der Waals surface area contributed by atoms with Crippen LogP contribution in [-0.2, 0) is 14.8 Å². The van der Waals surface area contributed by atoms with Gasteiger partial charge in [0.05, 0.1) is 17.6 Å². The maximum Gasteiger partial charge on any atom is 0.337 e. The molecule has 0 radical (unpaired) electrons. The molecule has 0 aliphatic heterocycles. The minimum absolute atomic E-state index is 0.0108. The molecule has 0 amide bonds. The summed E-state index contributed by atoms with van der Waals surface area (Å²) in [6, 6.07) is 14.2. The molecule has 9 nitrogen and oxygen atoms in total. The highest BCUT2D eigenvalue weighted by molar-refractivity contribution is 7.92. The van der Waals surface area contributed by atoms with E-state index in [-0.39, 0.29) is 10.8 Å². The second-order valence-electron chi connectivity index (χ2n) is 5.85. The molecule has 0 saturated carbocycles. The molecule has 1 aromatic heterocycles. The average molecular weight is 444 g/mol. The molecule has 30 heavy (non-hydrogen) atoms. The van der Waals surface area contributed by atoms with Crippen LogP contribution in [0.4, 0.5) is 17.3 Å². The number of hydrogen-bond acceptors (Lipinski definition) is 7. The molecule has 3 rings (SSSR count). The Kier molecular flexibility index (Phi) is 6.54. The molecular weight excluding hydrogens is 426 g/mol. The summed E-state index contributed by atoms with van der Waals surface area (Å²) in [6.45, 7) is 0. The van der Waals surface area contributed by atoms with Crippen LogP contribution in [0.2, 0.25) is 0 Å². The van der Waals surface area contributed by atoms with Crippen LogP contribution < -0.4 is 15.4 Å². The quantitative estimate of drug-likeness (QED) is 0.390. The van der Waals surface area contributed by atoms with Crippen LogP contribution in [0.25, 0.3) is 0 Å². The Morgan fingerprint density at radius 1 is 0.933 bits per heavy atom. The first kappa shape index (κ1) is 21.1. The summed E-state index contributed by atoms with van der Waals surface area (Å²) < 4.78 is 31.7. The standard InChI is InChI=1S/C19H17N5O4S2/c1-28-17(25)13-3-5-14(6-4-13)22-19(29)23-15-7-9-16(10-8-15)30(26,27)24-18-20-11-2-12-21-18/h2-12H,1H3,(H,20,21,24)(H2,22,23,29). The van der Waals surface area contributed by atoms with Gasteiger partial charge in [0.25, 0.3) is 10.0 Å². The summed E-state index contributed by atoms with van der Waals surface area (Å²) in [4.78, 5) is 19.2. The van der Waals surface area contributed by atoms with Crippen molar-refractivity contribution < 1.29 is 17.9 Å². The first-order chi connectivity index (χ1) is 14.4. The number of benzene rings is 2. The van der Waals surface area contributed by atoms with Gasteiger partial charge in [0.15, 0.2) is 5.11 Å². The van der Waals surface area contributed by atoms with Gasteiger partial charge < -0.3 is 15.4 Å². The van der Waals surface area contributed by atoms with E-state index in [4.69, 9.17) is 12.2 Å². The molecule has 0 unspecified atom stereocenters. The van der Waals surface area contributed by atoms with Gasteiger partial charge in [-0.1, -0.05) is 0 Å². The van der Waals surface area contributed by atoms with Gasteiger partial charge in [-0.25, -0.2) is 27.9 Å². The van der Waals surface area contributed by atoms with Crippen LogP contribution in [0.1, 0.15) is 10.4 Å². The van der Waals surface area contributed by atoms with Crippen molar-refractivity contribution in [3.05, 3.63) is 72.6 Å². The lowest BCUT2D eigenvalue weighted by atomic mass is 10.2. The number of hydrogen-bond donors (Lipinski definition) is 3. The normalized spacial score (nSPS) is 10.7. The second-order valence-corrected chi connectivity index (χ2v) is 7.94. The molecular formula is C19H17N5O4S2. The van der Waals surface area contributed by atoms with Crippen LogP contribution in [0.15, 0.2) is 71.9 Å². The molecule has 0 bridgehead atoms. The molecule has 3 N–H and O–H groups in total. The molecule has 2 aromatic carbocycles. The number of thiocarbonyl (C=S) groups is 1. The number of sulfonamides is 1. The van der Waals surface area contributed by atoms with Crippen LogP contribution in [0.5, 0.6) is 0 Å². The van der Waals surface area contributed by atoms with Crippen molar-refractivity contribution in [2.24, 2.45) is 0 Å². The van der Waals surface area contributed by atoms with Crippen molar-refractivity contribution >= 4 is 50.6 Å². The van der Waals surface area contributed by atoms with Crippen LogP contribution >= 0.6 is 12.2 Å². The second kappa shape index (κ2) is 9.29. The molecule has 0 aliphatic carbocycles. The monoisotopic (exact) mass is 443 g/mol. The topological polar surface area (TPSA) is 122 Å². The summed E-state index contributed by atoms with van der Waals surface area (Å²) >= 11 is 5.26. The zero-order valence-corrected chi connectivity index (χ0v) is 17.3. The predicted octanol–water partition coefficient (Wildman–Crippen LogP) is 2.87. The third-order valence-electron chi connectivity index (χ3n) is 3.78. The van der Waals surface area contributed by atoms with Crippen molar-refractivity contribution in [3.8, 4) is 0 Å². The highest BCUT2D eigenvalue weighted by Gasteiger charge is 2.15. The van der Waals surface area contributed by atoms with Crippen LogP contribution in [0, 0.1) is 0 Å². The summed E-state index contributed by atoms with van der Waals surface area (Å²) in [5.41, 5.74) is 1.69. The molecule has 1 heterocycles. The molecule has 0 spiro atoms. The summed E-state index contributed by atoms with van der Waals surface area (Å²) in [7, 11) is -2.49. The number of rotatable bonds is 6. The van der Waals surface area contributed by atoms with Gasteiger partial charge in [0.2, 0.25) is 5.95 Å². The number of nitrogens with zero attached hydrogens (tertiary/aromatic N) is 2. The minimum atomic E-state index is -3.81. The van der Waals surface area contributed by atoms with Gasteiger partial charge in [0, 0.05) is 23.8 Å². The molecule has 11 heteroatoms. The number of methoxy groups -OCH3 is 1. The van der Waals surface area contributed by atoms with Gasteiger partial charge in [0.1, 0.15) is 0 Å². The first-order valence-electron chi connectivity index (χ1n) is 8.54. The number of carbonyl (C=O) groups excluding carboxylic acids is 1. The Balaban J connectivity index is 1.61. The molecule has 154 valence electrons. The van der Waals surface area contributed by atoms with Crippen LogP contribution in [-0.4, -0.2) is 36.6 Å². The van der Waals surface area contributed by atoms with E-state index in [9.17, 15) is 13.2 Å². The number of aromatic nitrogens is 2. The minimum Gasteiger partial charge on any atom is -0.465 e. The third kappa shape index (κ3) is 5.49. The number of anilines is 3. The number of carbonyl (C=O) groups is 1.